The number of hydrogen-bond donors (Lipinski definition) is 2. The number of nitrogens with one attached hydrogen (secondary N) is 1. The summed E-state index contributed by atoms with van der Waals surface area (Å²) >= 11 is 0. The van der Waals surface area contributed by atoms with Crippen LogP contribution in [-0.4, -0.2) is 56.4 Å². The van der Waals surface area contributed by atoms with E-state index in [2.05, 4.69) is 15.2 Å². The van der Waals surface area contributed by atoms with Gasteiger partial charge in [-0.1, -0.05) is 0 Å². The van der Waals surface area contributed by atoms with Crippen molar-refractivity contribution in [2.75, 3.05) is 57.6 Å². The van der Waals surface area contributed by atoms with Gasteiger partial charge in [0.2, 0.25) is 0 Å². The van der Waals surface area contributed by atoms with Crippen LogP contribution in [0, 0.1) is 5.82 Å². The number of benzene rings is 2. The van der Waals surface area contributed by atoms with Crippen LogP contribution in [0.1, 0.15) is 6.42 Å². The maximum Gasteiger partial charge on any atom is 0.163 e. The largest absolute Gasteiger partial charge is 0.493 e. The quantitative estimate of drug-likeness (QED) is 0.419. The van der Waals surface area contributed by atoms with E-state index in [1.54, 1.807) is 31.5 Å². The number of anilines is 3. The second-order valence-electron chi connectivity index (χ2n) is 7.40. The van der Waals surface area contributed by atoms with Gasteiger partial charge < -0.3 is 25.3 Å². The molecule has 3 aromatic rings. The molecule has 1 aromatic heterocycles. The van der Waals surface area contributed by atoms with E-state index in [9.17, 15) is 4.39 Å². The molecule has 1 aliphatic rings. The summed E-state index contributed by atoms with van der Waals surface area (Å²) in [5.41, 5.74) is 7.79. The van der Waals surface area contributed by atoms with Crippen molar-refractivity contribution in [3.63, 3.8) is 0 Å². The van der Waals surface area contributed by atoms with Crippen molar-refractivity contribution in [2.45, 2.75) is 6.42 Å². The standard InChI is InChI=1S/C23H27FN4O3/c1-29-22-14-17-19(27-20-4-3-16(25)13-18(20)24)5-6-26-21(17)15-23(22)31-10-2-7-28-8-11-30-12-9-28/h3-6,13-15H,2,7-12,25H2,1H3,(H,26,27). The number of morpholine rings is 1. The zero-order chi connectivity index (χ0) is 21.6. The van der Waals surface area contributed by atoms with Crippen molar-refractivity contribution in [2.24, 2.45) is 0 Å². The molecule has 1 aliphatic heterocycles. The van der Waals surface area contributed by atoms with Gasteiger partial charge in [-0.2, -0.15) is 0 Å². The first-order chi connectivity index (χ1) is 15.1. The van der Waals surface area contributed by atoms with Gasteiger partial charge in [-0.25, -0.2) is 4.39 Å². The molecular weight excluding hydrogens is 399 g/mol. The van der Waals surface area contributed by atoms with E-state index in [1.165, 1.54) is 6.07 Å². The molecule has 2 heterocycles. The molecule has 31 heavy (non-hydrogen) atoms. The lowest BCUT2D eigenvalue weighted by Crippen LogP contribution is -2.37. The van der Waals surface area contributed by atoms with Crippen LogP contribution in [0.4, 0.5) is 21.5 Å². The van der Waals surface area contributed by atoms with Crippen molar-refractivity contribution < 1.29 is 18.6 Å². The number of methoxy groups -OCH3 is 1. The minimum atomic E-state index is -0.419. The molecule has 0 spiro atoms. The van der Waals surface area contributed by atoms with Gasteiger partial charge in [0.15, 0.2) is 11.5 Å². The highest BCUT2D eigenvalue weighted by Gasteiger charge is 2.13. The molecule has 2 aromatic carbocycles. The minimum Gasteiger partial charge on any atom is -0.493 e. The highest BCUT2D eigenvalue weighted by atomic mass is 19.1. The molecule has 3 N–H and O–H groups in total. The predicted molar refractivity (Wildman–Crippen MR) is 120 cm³/mol. The smallest absolute Gasteiger partial charge is 0.163 e. The number of nitrogens with zero attached hydrogens (tertiary/aromatic N) is 2. The second-order valence-corrected chi connectivity index (χ2v) is 7.40. The van der Waals surface area contributed by atoms with E-state index in [0.717, 1.165) is 50.2 Å². The minimum absolute atomic E-state index is 0.337. The fourth-order valence-electron chi connectivity index (χ4n) is 3.61. The first kappa shape index (κ1) is 21.1. The summed E-state index contributed by atoms with van der Waals surface area (Å²) < 4.78 is 31.2. The monoisotopic (exact) mass is 426 g/mol. The van der Waals surface area contributed by atoms with E-state index in [-0.39, 0.29) is 0 Å². The second kappa shape index (κ2) is 9.80. The Morgan fingerprint density at radius 2 is 1.97 bits per heavy atom. The van der Waals surface area contributed by atoms with Gasteiger partial charge in [-0.15, -0.1) is 0 Å². The number of aromatic nitrogens is 1. The molecule has 0 atom stereocenters. The van der Waals surface area contributed by atoms with Crippen LogP contribution in [0.3, 0.4) is 0 Å². The Balaban J connectivity index is 1.49. The van der Waals surface area contributed by atoms with Gasteiger partial charge >= 0.3 is 0 Å². The van der Waals surface area contributed by atoms with Gasteiger partial charge in [-0.3, -0.25) is 9.88 Å². The average molecular weight is 426 g/mol. The number of nitrogens with two attached hydrogens (primary N) is 1. The number of halogens is 1. The van der Waals surface area contributed by atoms with Crippen LogP contribution in [0.2, 0.25) is 0 Å². The third kappa shape index (κ3) is 5.15. The van der Waals surface area contributed by atoms with Gasteiger partial charge in [-0.05, 0) is 36.8 Å². The first-order valence-corrected chi connectivity index (χ1v) is 10.4. The fraction of sp³-hybridized carbons (Fsp3) is 0.348. The maximum absolute atomic E-state index is 14.2. The summed E-state index contributed by atoms with van der Waals surface area (Å²) in [5.74, 6) is 0.824. The molecule has 164 valence electrons. The number of pyridine rings is 1. The Hall–Kier alpha value is -3.10. The third-order valence-corrected chi connectivity index (χ3v) is 5.27. The molecule has 8 heteroatoms. The molecule has 1 saturated heterocycles. The van der Waals surface area contributed by atoms with Crippen LogP contribution in [0.15, 0.2) is 42.6 Å². The van der Waals surface area contributed by atoms with Crippen molar-refractivity contribution >= 4 is 28.0 Å². The Labute approximate surface area is 180 Å². The Kier molecular flexibility index (Phi) is 6.69. The number of ether oxygens (including phenoxy) is 3. The SMILES string of the molecule is COc1cc2c(Nc3ccc(N)cc3F)ccnc2cc1OCCCN1CCOCC1. The van der Waals surface area contributed by atoms with Crippen molar-refractivity contribution in [1.82, 2.24) is 9.88 Å². The van der Waals surface area contributed by atoms with Gasteiger partial charge in [0.1, 0.15) is 5.82 Å². The lowest BCUT2D eigenvalue weighted by Gasteiger charge is -2.26. The van der Waals surface area contributed by atoms with Crippen LogP contribution >= 0.6 is 0 Å². The molecule has 0 saturated carbocycles. The number of fused-ring (bicyclic) bond motifs is 1. The Morgan fingerprint density at radius 1 is 1.13 bits per heavy atom. The van der Waals surface area contributed by atoms with Crippen molar-refractivity contribution in [3.8, 4) is 11.5 Å². The lowest BCUT2D eigenvalue weighted by molar-refractivity contribution is 0.0357. The van der Waals surface area contributed by atoms with Crippen LogP contribution < -0.4 is 20.5 Å². The third-order valence-electron chi connectivity index (χ3n) is 5.27. The van der Waals surface area contributed by atoms with Crippen molar-refractivity contribution in [3.05, 3.63) is 48.4 Å². The summed E-state index contributed by atoms with van der Waals surface area (Å²) in [7, 11) is 1.60. The van der Waals surface area contributed by atoms with E-state index < -0.39 is 5.82 Å². The molecule has 0 amide bonds. The predicted octanol–water partition coefficient (Wildman–Crippen LogP) is 3.81. The number of hydrogen-bond acceptors (Lipinski definition) is 7. The van der Waals surface area contributed by atoms with E-state index in [1.807, 2.05) is 12.1 Å². The summed E-state index contributed by atoms with van der Waals surface area (Å²) in [4.78, 5) is 6.82. The van der Waals surface area contributed by atoms with Crippen LogP contribution in [0.5, 0.6) is 11.5 Å². The first-order valence-electron chi connectivity index (χ1n) is 10.4. The molecule has 0 radical (unpaired) electrons. The molecule has 0 aliphatic carbocycles. The van der Waals surface area contributed by atoms with Gasteiger partial charge in [0, 0.05) is 48.7 Å². The molecule has 0 unspecified atom stereocenters. The number of rotatable bonds is 8. The van der Waals surface area contributed by atoms with E-state index in [0.29, 0.717) is 35.2 Å². The summed E-state index contributed by atoms with van der Waals surface area (Å²) in [6.45, 7) is 5.07. The van der Waals surface area contributed by atoms with Crippen LogP contribution in [-0.2, 0) is 4.74 Å². The molecule has 4 rings (SSSR count). The zero-order valence-electron chi connectivity index (χ0n) is 17.6. The zero-order valence-corrected chi connectivity index (χ0v) is 17.6. The summed E-state index contributed by atoms with van der Waals surface area (Å²) in [6.07, 6.45) is 2.58. The van der Waals surface area contributed by atoms with Crippen LogP contribution in [0.25, 0.3) is 10.9 Å². The Morgan fingerprint density at radius 3 is 2.74 bits per heavy atom. The highest BCUT2D eigenvalue weighted by Crippen LogP contribution is 2.36. The summed E-state index contributed by atoms with van der Waals surface area (Å²) in [5, 5.41) is 3.92. The maximum atomic E-state index is 14.2. The van der Waals surface area contributed by atoms with E-state index in [4.69, 9.17) is 19.9 Å². The Bertz CT molecular complexity index is 1040. The molecule has 7 nitrogen and oxygen atoms in total. The lowest BCUT2D eigenvalue weighted by atomic mass is 10.1. The molecular formula is C23H27FN4O3. The van der Waals surface area contributed by atoms with E-state index >= 15 is 0 Å². The molecule has 1 fully saturated rings. The van der Waals surface area contributed by atoms with Gasteiger partial charge in [0.05, 0.1) is 38.1 Å². The average Bonchev–Trinajstić information content (AvgIpc) is 2.79. The van der Waals surface area contributed by atoms with Gasteiger partial charge in [0.25, 0.3) is 0 Å². The van der Waals surface area contributed by atoms with Crippen molar-refractivity contribution in [1.29, 1.82) is 0 Å². The normalized spacial score (nSPS) is 14.5. The summed E-state index contributed by atoms with van der Waals surface area (Å²) in [6, 6.07) is 10.1. The number of nitrogen functional groups attached to an aromatic ring is 1. The topological polar surface area (TPSA) is 81.9 Å². The fourth-order valence-corrected chi connectivity index (χ4v) is 3.61. The highest BCUT2D eigenvalue weighted by molar-refractivity contribution is 5.95. The molecule has 0 bridgehead atoms.